The Hall–Kier alpha value is -0.0400. The first kappa shape index (κ1) is 9.96. The minimum atomic E-state index is -0.658. The van der Waals surface area contributed by atoms with Gasteiger partial charge in [0.05, 0.1) is 4.87 Å². The number of rotatable bonds is 4. The lowest BCUT2D eigenvalue weighted by Crippen LogP contribution is -2.24. The molecule has 60 valence electrons. The third-order valence-corrected chi connectivity index (χ3v) is 1.63. The fourth-order valence-corrected chi connectivity index (χ4v) is 0.729. The fraction of sp³-hybridized carbons (Fsp3) is 0.875. The Morgan fingerprint density at radius 2 is 2.00 bits per heavy atom. The second-order valence-corrected chi connectivity index (χ2v) is 3.94. The number of carbonyl (C=O) groups excluding carboxylic acids is 1. The predicted octanol–water partition coefficient (Wildman–Crippen LogP) is 2.76. The fourth-order valence-electron chi connectivity index (χ4n) is 0.635. The molecule has 0 aliphatic heterocycles. The molecule has 0 fully saturated rings. The first-order valence-corrected chi connectivity index (χ1v) is 4.08. The van der Waals surface area contributed by atoms with Crippen molar-refractivity contribution < 1.29 is 4.79 Å². The van der Waals surface area contributed by atoms with E-state index in [-0.39, 0.29) is 5.78 Å². The Kier molecular flexibility index (Phi) is 3.95. The monoisotopic (exact) mass is 162 g/mol. The van der Waals surface area contributed by atoms with Crippen molar-refractivity contribution in [2.24, 2.45) is 0 Å². The first-order valence-electron chi connectivity index (χ1n) is 3.70. The standard InChI is InChI=1S/C8H15ClO/c1-4-5-6-7(10)8(2,3)9/h4-6H2,1-3H3. The van der Waals surface area contributed by atoms with Crippen LogP contribution in [0.2, 0.25) is 0 Å². The molecule has 0 heterocycles. The summed E-state index contributed by atoms with van der Waals surface area (Å²) in [6.07, 6.45) is 2.63. The molecule has 1 nitrogen and oxygen atoms in total. The molecule has 0 saturated heterocycles. The van der Waals surface area contributed by atoms with Gasteiger partial charge in [-0.15, -0.1) is 11.6 Å². The van der Waals surface area contributed by atoms with E-state index in [9.17, 15) is 4.79 Å². The number of halogens is 1. The molecule has 0 aliphatic carbocycles. The molecule has 10 heavy (non-hydrogen) atoms. The van der Waals surface area contributed by atoms with Crippen LogP contribution in [0.1, 0.15) is 40.0 Å². The van der Waals surface area contributed by atoms with Gasteiger partial charge in [0.15, 0.2) is 5.78 Å². The van der Waals surface area contributed by atoms with Crippen molar-refractivity contribution in [3.8, 4) is 0 Å². The number of hydrogen-bond acceptors (Lipinski definition) is 1. The summed E-state index contributed by atoms with van der Waals surface area (Å²) in [5, 5.41) is 0. The smallest absolute Gasteiger partial charge is 0.153 e. The van der Waals surface area contributed by atoms with Crippen LogP contribution in [0.15, 0.2) is 0 Å². The summed E-state index contributed by atoms with van der Waals surface area (Å²) in [6.45, 7) is 5.55. The number of hydrogen-bond donors (Lipinski definition) is 0. The Morgan fingerprint density at radius 1 is 1.50 bits per heavy atom. The summed E-state index contributed by atoms with van der Waals surface area (Å²) in [5.41, 5.74) is 0. The summed E-state index contributed by atoms with van der Waals surface area (Å²) in [7, 11) is 0. The number of Topliss-reactive ketones (excluding diaryl/α,β-unsaturated/α-hetero) is 1. The molecule has 0 unspecified atom stereocenters. The maximum atomic E-state index is 11.1. The number of unbranched alkanes of at least 4 members (excludes halogenated alkanes) is 1. The Labute approximate surface area is 67.8 Å². The minimum Gasteiger partial charge on any atom is -0.298 e. The third-order valence-electron chi connectivity index (χ3n) is 1.42. The van der Waals surface area contributed by atoms with E-state index in [1.54, 1.807) is 13.8 Å². The zero-order valence-electron chi connectivity index (χ0n) is 6.91. The highest BCUT2D eigenvalue weighted by Gasteiger charge is 2.22. The van der Waals surface area contributed by atoms with Crippen LogP contribution in [0.5, 0.6) is 0 Å². The Balaban J connectivity index is 3.64. The van der Waals surface area contributed by atoms with Crippen LogP contribution >= 0.6 is 11.6 Å². The summed E-state index contributed by atoms with van der Waals surface area (Å²) < 4.78 is 0. The van der Waals surface area contributed by atoms with Crippen LogP contribution < -0.4 is 0 Å². The molecule has 0 atom stereocenters. The van der Waals surface area contributed by atoms with Gasteiger partial charge in [-0.2, -0.15) is 0 Å². The molecule has 0 aromatic rings. The van der Waals surface area contributed by atoms with Gasteiger partial charge in [0, 0.05) is 6.42 Å². The lowest BCUT2D eigenvalue weighted by atomic mass is 10.0. The normalized spacial score (nSPS) is 11.6. The molecule has 0 bridgehead atoms. The van der Waals surface area contributed by atoms with E-state index < -0.39 is 4.87 Å². The second-order valence-electron chi connectivity index (χ2n) is 3.00. The highest BCUT2D eigenvalue weighted by atomic mass is 35.5. The molecule has 0 N–H and O–H groups in total. The first-order chi connectivity index (χ1) is 4.48. The second kappa shape index (κ2) is 3.97. The number of alkyl halides is 1. The van der Waals surface area contributed by atoms with Gasteiger partial charge in [-0.3, -0.25) is 4.79 Å². The van der Waals surface area contributed by atoms with Crippen LogP contribution in [0.4, 0.5) is 0 Å². The lowest BCUT2D eigenvalue weighted by Gasteiger charge is -2.12. The van der Waals surface area contributed by atoms with Crippen LogP contribution in [0.25, 0.3) is 0 Å². The SMILES string of the molecule is CCCCC(=O)C(C)(C)Cl. The quantitative estimate of drug-likeness (QED) is 0.581. The van der Waals surface area contributed by atoms with Gasteiger partial charge < -0.3 is 0 Å². The van der Waals surface area contributed by atoms with Gasteiger partial charge in [-0.05, 0) is 20.3 Å². The molecule has 0 saturated carbocycles. The predicted molar refractivity (Wildman–Crippen MR) is 44.5 cm³/mol. The lowest BCUT2D eigenvalue weighted by molar-refractivity contribution is -0.120. The molecule has 0 aromatic heterocycles. The Bertz CT molecular complexity index is 113. The molecule has 0 aliphatic rings. The third kappa shape index (κ3) is 3.89. The van der Waals surface area contributed by atoms with Gasteiger partial charge >= 0.3 is 0 Å². The number of ketones is 1. The largest absolute Gasteiger partial charge is 0.298 e. The molecular formula is C8H15ClO. The molecule has 0 rings (SSSR count). The van der Waals surface area contributed by atoms with E-state index in [0.717, 1.165) is 12.8 Å². The topological polar surface area (TPSA) is 17.1 Å². The van der Waals surface area contributed by atoms with Crippen molar-refractivity contribution in [2.45, 2.75) is 44.9 Å². The van der Waals surface area contributed by atoms with Crippen LogP contribution in [0, 0.1) is 0 Å². The summed E-state index contributed by atoms with van der Waals surface area (Å²) in [6, 6.07) is 0. The highest BCUT2D eigenvalue weighted by Crippen LogP contribution is 2.17. The summed E-state index contributed by atoms with van der Waals surface area (Å²) in [5.74, 6) is 0.149. The van der Waals surface area contributed by atoms with E-state index in [1.165, 1.54) is 0 Å². The molecule has 0 amide bonds. The van der Waals surface area contributed by atoms with Gasteiger partial charge in [-0.1, -0.05) is 13.3 Å². The van der Waals surface area contributed by atoms with Gasteiger partial charge in [0.25, 0.3) is 0 Å². The van der Waals surface area contributed by atoms with Crippen molar-refractivity contribution >= 4 is 17.4 Å². The molecule has 2 heteroatoms. The Morgan fingerprint density at radius 3 is 2.30 bits per heavy atom. The zero-order chi connectivity index (χ0) is 8.20. The van der Waals surface area contributed by atoms with Gasteiger partial charge in [0.1, 0.15) is 0 Å². The highest BCUT2D eigenvalue weighted by molar-refractivity contribution is 6.34. The van der Waals surface area contributed by atoms with Crippen LogP contribution in [0.3, 0.4) is 0 Å². The number of carbonyl (C=O) groups is 1. The average Bonchev–Trinajstić information content (AvgIpc) is 1.80. The van der Waals surface area contributed by atoms with Crippen molar-refractivity contribution in [1.29, 1.82) is 0 Å². The maximum Gasteiger partial charge on any atom is 0.153 e. The van der Waals surface area contributed by atoms with E-state index >= 15 is 0 Å². The van der Waals surface area contributed by atoms with Crippen molar-refractivity contribution in [3.63, 3.8) is 0 Å². The van der Waals surface area contributed by atoms with Crippen LogP contribution in [-0.2, 0) is 4.79 Å². The summed E-state index contributed by atoms with van der Waals surface area (Å²) >= 11 is 5.77. The van der Waals surface area contributed by atoms with E-state index in [2.05, 4.69) is 6.92 Å². The van der Waals surface area contributed by atoms with Crippen molar-refractivity contribution in [3.05, 3.63) is 0 Å². The summed E-state index contributed by atoms with van der Waals surface area (Å²) in [4.78, 5) is 10.4. The minimum absolute atomic E-state index is 0.149. The molecule has 0 spiro atoms. The van der Waals surface area contributed by atoms with E-state index in [4.69, 9.17) is 11.6 Å². The van der Waals surface area contributed by atoms with Gasteiger partial charge in [-0.25, -0.2) is 0 Å². The van der Waals surface area contributed by atoms with E-state index in [1.807, 2.05) is 0 Å². The molecular weight excluding hydrogens is 148 g/mol. The zero-order valence-corrected chi connectivity index (χ0v) is 7.66. The van der Waals surface area contributed by atoms with Crippen molar-refractivity contribution in [2.75, 3.05) is 0 Å². The maximum absolute atomic E-state index is 11.1. The van der Waals surface area contributed by atoms with Crippen LogP contribution in [-0.4, -0.2) is 10.7 Å². The molecule has 0 radical (unpaired) electrons. The average molecular weight is 163 g/mol. The van der Waals surface area contributed by atoms with E-state index in [0.29, 0.717) is 6.42 Å². The van der Waals surface area contributed by atoms with Gasteiger partial charge in [0.2, 0.25) is 0 Å². The van der Waals surface area contributed by atoms with Crippen molar-refractivity contribution in [1.82, 2.24) is 0 Å². The molecule has 0 aromatic carbocycles.